The van der Waals surface area contributed by atoms with Crippen molar-refractivity contribution in [3.63, 3.8) is 0 Å². The van der Waals surface area contributed by atoms with Gasteiger partial charge in [0.15, 0.2) is 0 Å². The summed E-state index contributed by atoms with van der Waals surface area (Å²) in [7, 11) is 0. The van der Waals surface area contributed by atoms with Crippen LogP contribution in [0.15, 0.2) is 10.9 Å². The molecule has 1 aliphatic rings. The molecule has 0 spiro atoms. The first kappa shape index (κ1) is 13.8. The third-order valence-electron chi connectivity index (χ3n) is 3.93. The molecule has 0 atom stereocenters. The lowest BCUT2D eigenvalue weighted by Crippen LogP contribution is -2.47. The molecule has 0 unspecified atom stereocenters. The van der Waals surface area contributed by atoms with E-state index in [2.05, 4.69) is 36.8 Å². The molecule has 1 aliphatic heterocycles. The van der Waals surface area contributed by atoms with Crippen LogP contribution in [0.2, 0.25) is 0 Å². The van der Waals surface area contributed by atoms with Crippen molar-refractivity contribution in [1.82, 2.24) is 20.1 Å². The molecule has 2 aromatic rings. The SMILES string of the molecule is CCc1nc(N2CCN(c3ncnc(C)c3C)CC2)no1. The third-order valence-corrected chi connectivity index (χ3v) is 3.93. The van der Waals surface area contributed by atoms with Crippen LogP contribution in [0.25, 0.3) is 0 Å². The average molecular weight is 288 g/mol. The summed E-state index contributed by atoms with van der Waals surface area (Å²) >= 11 is 0. The minimum absolute atomic E-state index is 0.690. The maximum absolute atomic E-state index is 5.18. The first-order chi connectivity index (χ1) is 10.2. The summed E-state index contributed by atoms with van der Waals surface area (Å²) in [6.07, 6.45) is 2.41. The largest absolute Gasteiger partial charge is 0.353 e. The summed E-state index contributed by atoms with van der Waals surface area (Å²) in [6.45, 7) is 9.62. The summed E-state index contributed by atoms with van der Waals surface area (Å²) in [5.41, 5.74) is 2.19. The summed E-state index contributed by atoms with van der Waals surface area (Å²) < 4.78 is 5.18. The molecule has 0 N–H and O–H groups in total. The molecule has 21 heavy (non-hydrogen) atoms. The van der Waals surface area contributed by atoms with Gasteiger partial charge in [-0.25, -0.2) is 9.97 Å². The van der Waals surface area contributed by atoms with Gasteiger partial charge in [0.1, 0.15) is 12.1 Å². The molecule has 112 valence electrons. The maximum atomic E-state index is 5.18. The predicted octanol–water partition coefficient (Wildman–Crippen LogP) is 1.37. The van der Waals surface area contributed by atoms with Crippen molar-refractivity contribution in [2.24, 2.45) is 0 Å². The topological polar surface area (TPSA) is 71.2 Å². The van der Waals surface area contributed by atoms with E-state index in [0.29, 0.717) is 11.8 Å². The molecule has 7 heteroatoms. The van der Waals surface area contributed by atoms with E-state index in [1.165, 1.54) is 0 Å². The number of hydrogen-bond donors (Lipinski definition) is 0. The minimum Gasteiger partial charge on any atom is -0.353 e. The fraction of sp³-hybridized carbons (Fsp3) is 0.571. The van der Waals surface area contributed by atoms with Gasteiger partial charge < -0.3 is 14.3 Å². The predicted molar refractivity (Wildman–Crippen MR) is 79.6 cm³/mol. The highest BCUT2D eigenvalue weighted by Gasteiger charge is 2.22. The normalized spacial score (nSPS) is 15.6. The van der Waals surface area contributed by atoms with Crippen LogP contribution in [0.1, 0.15) is 24.1 Å². The van der Waals surface area contributed by atoms with Crippen LogP contribution in [-0.2, 0) is 6.42 Å². The quantitative estimate of drug-likeness (QED) is 0.844. The van der Waals surface area contributed by atoms with E-state index in [9.17, 15) is 0 Å². The highest BCUT2D eigenvalue weighted by molar-refractivity contribution is 5.49. The Bertz CT molecular complexity index is 618. The Kier molecular flexibility index (Phi) is 3.72. The monoisotopic (exact) mass is 288 g/mol. The van der Waals surface area contributed by atoms with E-state index in [4.69, 9.17) is 4.52 Å². The molecule has 3 rings (SSSR count). The molecule has 0 amide bonds. The van der Waals surface area contributed by atoms with E-state index in [1.807, 2.05) is 13.8 Å². The van der Waals surface area contributed by atoms with Crippen LogP contribution < -0.4 is 9.80 Å². The average Bonchev–Trinajstić information content (AvgIpc) is 2.99. The van der Waals surface area contributed by atoms with Crippen molar-refractivity contribution in [3.8, 4) is 0 Å². The van der Waals surface area contributed by atoms with Gasteiger partial charge in [-0.1, -0.05) is 6.92 Å². The molecular weight excluding hydrogens is 268 g/mol. The number of nitrogens with zero attached hydrogens (tertiary/aromatic N) is 6. The van der Waals surface area contributed by atoms with Crippen molar-refractivity contribution in [1.29, 1.82) is 0 Å². The maximum Gasteiger partial charge on any atom is 0.266 e. The zero-order valence-electron chi connectivity index (χ0n) is 12.7. The highest BCUT2D eigenvalue weighted by Crippen LogP contribution is 2.21. The summed E-state index contributed by atoms with van der Waals surface area (Å²) in [5, 5.41) is 4.04. The van der Waals surface area contributed by atoms with Crippen LogP contribution >= 0.6 is 0 Å². The third kappa shape index (κ3) is 2.68. The number of aromatic nitrogens is 4. The van der Waals surface area contributed by atoms with E-state index >= 15 is 0 Å². The fourth-order valence-electron chi connectivity index (χ4n) is 2.48. The number of piperazine rings is 1. The van der Waals surface area contributed by atoms with E-state index in [-0.39, 0.29) is 0 Å². The fourth-order valence-corrected chi connectivity index (χ4v) is 2.48. The molecule has 1 saturated heterocycles. The van der Waals surface area contributed by atoms with Gasteiger partial charge in [-0.05, 0) is 19.0 Å². The minimum atomic E-state index is 0.690. The van der Waals surface area contributed by atoms with Gasteiger partial charge in [0, 0.05) is 43.9 Å². The molecule has 3 heterocycles. The Morgan fingerprint density at radius 1 is 1.10 bits per heavy atom. The number of anilines is 2. The Hall–Kier alpha value is -2.18. The van der Waals surface area contributed by atoms with Gasteiger partial charge in [0.25, 0.3) is 5.95 Å². The zero-order valence-corrected chi connectivity index (χ0v) is 12.7. The van der Waals surface area contributed by atoms with Crippen LogP contribution in [-0.4, -0.2) is 46.3 Å². The first-order valence-electron chi connectivity index (χ1n) is 7.29. The second kappa shape index (κ2) is 5.67. The van der Waals surface area contributed by atoms with Crippen molar-refractivity contribution < 1.29 is 4.52 Å². The second-order valence-corrected chi connectivity index (χ2v) is 5.22. The second-order valence-electron chi connectivity index (χ2n) is 5.22. The van der Waals surface area contributed by atoms with Crippen LogP contribution in [0, 0.1) is 13.8 Å². The molecule has 7 nitrogen and oxygen atoms in total. The molecular formula is C14H20N6O. The summed E-state index contributed by atoms with van der Waals surface area (Å²) in [4.78, 5) is 17.5. The lowest BCUT2D eigenvalue weighted by Gasteiger charge is -2.35. The van der Waals surface area contributed by atoms with Crippen LogP contribution in [0.4, 0.5) is 11.8 Å². The Labute approximate surface area is 124 Å². The van der Waals surface area contributed by atoms with E-state index < -0.39 is 0 Å². The molecule has 0 bridgehead atoms. The first-order valence-corrected chi connectivity index (χ1v) is 7.29. The van der Waals surface area contributed by atoms with Crippen molar-refractivity contribution in [2.75, 3.05) is 36.0 Å². The van der Waals surface area contributed by atoms with Crippen molar-refractivity contribution in [2.45, 2.75) is 27.2 Å². The summed E-state index contributed by atoms with van der Waals surface area (Å²) in [6, 6.07) is 0. The molecule has 0 aromatic carbocycles. The number of hydrogen-bond acceptors (Lipinski definition) is 7. The molecule has 1 fully saturated rings. The highest BCUT2D eigenvalue weighted by atomic mass is 16.5. The van der Waals surface area contributed by atoms with E-state index in [1.54, 1.807) is 6.33 Å². The van der Waals surface area contributed by atoms with Crippen LogP contribution in [0.3, 0.4) is 0 Å². The smallest absolute Gasteiger partial charge is 0.266 e. The Morgan fingerprint density at radius 3 is 2.48 bits per heavy atom. The molecule has 0 saturated carbocycles. The van der Waals surface area contributed by atoms with Crippen LogP contribution in [0.5, 0.6) is 0 Å². The lowest BCUT2D eigenvalue weighted by molar-refractivity contribution is 0.380. The van der Waals surface area contributed by atoms with Gasteiger partial charge in [0.05, 0.1) is 0 Å². The van der Waals surface area contributed by atoms with E-state index in [0.717, 1.165) is 49.7 Å². The molecule has 0 radical (unpaired) electrons. The molecule has 0 aliphatic carbocycles. The van der Waals surface area contributed by atoms with Gasteiger partial charge >= 0.3 is 0 Å². The standard InChI is InChI=1S/C14H20N6O/c1-4-12-17-14(18-21-12)20-7-5-19(6-8-20)13-10(2)11(3)15-9-16-13/h9H,4-8H2,1-3H3. The Balaban J connectivity index is 1.68. The number of aryl methyl sites for hydroxylation is 2. The lowest BCUT2D eigenvalue weighted by atomic mass is 10.2. The van der Waals surface area contributed by atoms with Crippen molar-refractivity contribution >= 4 is 11.8 Å². The van der Waals surface area contributed by atoms with Gasteiger partial charge in [-0.3, -0.25) is 0 Å². The van der Waals surface area contributed by atoms with Gasteiger partial charge in [-0.15, -0.1) is 0 Å². The summed E-state index contributed by atoms with van der Waals surface area (Å²) in [5.74, 6) is 2.42. The van der Waals surface area contributed by atoms with Gasteiger partial charge in [0.2, 0.25) is 5.89 Å². The Morgan fingerprint density at radius 2 is 1.81 bits per heavy atom. The van der Waals surface area contributed by atoms with Gasteiger partial charge in [-0.2, -0.15) is 4.98 Å². The number of rotatable bonds is 3. The zero-order chi connectivity index (χ0) is 14.8. The molecule has 2 aromatic heterocycles. The van der Waals surface area contributed by atoms with Crippen molar-refractivity contribution in [3.05, 3.63) is 23.5 Å².